The van der Waals surface area contributed by atoms with Crippen LogP contribution in [0.1, 0.15) is 29.1 Å². The van der Waals surface area contributed by atoms with E-state index in [0.717, 1.165) is 17.0 Å². The van der Waals surface area contributed by atoms with Crippen LogP contribution in [0.3, 0.4) is 0 Å². The van der Waals surface area contributed by atoms with Gasteiger partial charge in [-0.3, -0.25) is 9.59 Å². The molecule has 0 aliphatic rings. The predicted molar refractivity (Wildman–Crippen MR) is 108 cm³/mol. The summed E-state index contributed by atoms with van der Waals surface area (Å²) in [6.45, 7) is 5.16. The zero-order valence-electron chi connectivity index (χ0n) is 16.7. The number of nitrogens with zero attached hydrogens (tertiary/aromatic N) is 4. The second kappa shape index (κ2) is 9.09. The first-order chi connectivity index (χ1) is 13.9. The highest BCUT2D eigenvalue weighted by molar-refractivity contribution is 5.92. The van der Waals surface area contributed by atoms with Crippen molar-refractivity contribution in [3.05, 3.63) is 65.1 Å². The maximum Gasteiger partial charge on any atom is 0.306 e. The molecule has 2 aromatic heterocycles. The molecule has 0 bridgehead atoms. The first kappa shape index (κ1) is 20.2. The van der Waals surface area contributed by atoms with E-state index in [1.54, 1.807) is 13.0 Å². The zero-order chi connectivity index (χ0) is 20.8. The minimum absolute atomic E-state index is 0.213. The van der Waals surface area contributed by atoms with Crippen molar-refractivity contribution < 1.29 is 14.3 Å². The number of ether oxygens (including phenoxy) is 1. The van der Waals surface area contributed by atoms with E-state index in [1.807, 2.05) is 50.2 Å². The summed E-state index contributed by atoms with van der Waals surface area (Å²) >= 11 is 0. The third-order valence-corrected chi connectivity index (χ3v) is 4.08. The van der Waals surface area contributed by atoms with Gasteiger partial charge in [-0.25, -0.2) is 9.97 Å². The van der Waals surface area contributed by atoms with Crippen LogP contribution >= 0.6 is 0 Å². The highest BCUT2D eigenvalue weighted by Crippen LogP contribution is 2.15. The molecule has 150 valence electrons. The fourth-order valence-electron chi connectivity index (χ4n) is 2.83. The van der Waals surface area contributed by atoms with Crippen LogP contribution in [0, 0.1) is 20.8 Å². The summed E-state index contributed by atoms with van der Waals surface area (Å²) in [5.41, 5.74) is 3.33. The second-order valence-electron chi connectivity index (χ2n) is 6.73. The van der Waals surface area contributed by atoms with E-state index < -0.39 is 11.9 Å². The number of esters is 1. The van der Waals surface area contributed by atoms with Gasteiger partial charge in [-0.05, 0) is 38.8 Å². The first-order valence-electron chi connectivity index (χ1n) is 9.29. The standard InChI is InChI=1S/C21H23N5O3/c1-14-11-15(2)23-21(22-14)26-18(12-16(3)25-26)24-19(27)13-29-20(28)10-9-17-7-5-4-6-8-17/h4-8,11-12H,9-10,13H2,1-3H3,(H,24,27). The van der Waals surface area contributed by atoms with E-state index in [1.165, 1.54) is 4.68 Å². The van der Waals surface area contributed by atoms with Gasteiger partial charge >= 0.3 is 5.97 Å². The van der Waals surface area contributed by atoms with Gasteiger partial charge in [0.2, 0.25) is 0 Å². The smallest absolute Gasteiger partial charge is 0.306 e. The molecule has 1 aromatic carbocycles. The van der Waals surface area contributed by atoms with Crippen LogP contribution in [0.25, 0.3) is 5.95 Å². The van der Waals surface area contributed by atoms with Gasteiger partial charge in [-0.1, -0.05) is 30.3 Å². The summed E-state index contributed by atoms with van der Waals surface area (Å²) in [5, 5.41) is 7.05. The number of amides is 1. The Morgan fingerprint density at radius 2 is 1.69 bits per heavy atom. The van der Waals surface area contributed by atoms with Crippen molar-refractivity contribution in [3.8, 4) is 5.95 Å². The van der Waals surface area contributed by atoms with Crippen LogP contribution in [0.15, 0.2) is 42.5 Å². The SMILES string of the molecule is Cc1cc(C)nc(-n2nc(C)cc2NC(=O)COC(=O)CCc2ccccc2)n1. The molecule has 8 nitrogen and oxygen atoms in total. The third kappa shape index (κ3) is 5.71. The minimum Gasteiger partial charge on any atom is -0.456 e. The molecule has 1 N–H and O–H groups in total. The van der Waals surface area contributed by atoms with Crippen LogP contribution in [-0.2, 0) is 20.7 Å². The number of hydrogen-bond donors (Lipinski definition) is 1. The summed E-state index contributed by atoms with van der Waals surface area (Å²) in [6.07, 6.45) is 0.780. The topological polar surface area (TPSA) is 99.0 Å². The Bertz CT molecular complexity index is 994. The fraction of sp³-hybridized carbons (Fsp3) is 0.286. The van der Waals surface area contributed by atoms with Gasteiger partial charge in [-0.2, -0.15) is 9.78 Å². The summed E-state index contributed by atoms with van der Waals surface area (Å²) in [4.78, 5) is 32.9. The average molecular weight is 393 g/mol. The van der Waals surface area contributed by atoms with Crippen molar-refractivity contribution in [2.75, 3.05) is 11.9 Å². The molecule has 0 saturated heterocycles. The number of hydrogen-bond acceptors (Lipinski definition) is 6. The van der Waals surface area contributed by atoms with E-state index in [-0.39, 0.29) is 13.0 Å². The zero-order valence-corrected chi connectivity index (χ0v) is 16.7. The summed E-state index contributed by atoms with van der Waals surface area (Å²) in [5.74, 6) is -0.0986. The van der Waals surface area contributed by atoms with Crippen molar-refractivity contribution in [1.29, 1.82) is 0 Å². The van der Waals surface area contributed by atoms with Crippen molar-refractivity contribution in [2.24, 2.45) is 0 Å². The highest BCUT2D eigenvalue weighted by atomic mass is 16.5. The quantitative estimate of drug-likeness (QED) is 0.620. The Hall–Kier alpha value is -3.55. The number of nitrogens with one attached hydrogen (secondary N) is 1. The van der Waals surface area contributed by atoms with Crippen molar-refractivity contribution in [3.63, 3.8) is 0 Å². The number of benzene rings is 1. The molecule has 8 heteroatoms. The molecule has 1 amide bonds. The lowest BCUT2D eigenvalue weighted by molar-refractivity contribution is -0.147. The molecular formula is C21H23N5O3. The molecule has 0 atom stereocenters. The third-order valence-electron chi connectivity index (χ3n) is 4.08. The molecule has 0 fully saturated rings. The Morgan fingerprint density at radius 1 is 1.00 bits per heavy atom. The molecule has 0 unspecified atom stereocenters. The molecule has 2 heterocycles. The fourth-order valence-corrected chi connectivity index (χ4v) is 2.83. The molecule has 29 heavy (non-hydrogen) atoms. The normalized spacial score (nSPS) is 10.6. The molecule has 0 spiro atoms. The van der Waals surface area contributed by atoms with Crippen LogP contribution in [0.2, 0.25) is 0 Å². The Labute approximate surface area is 168 Å². The maximum absolute atomic E-state index is 12.2. The Morgan fingerprint density at radius 3 is 2.38 bits per heavy atom. The van der Waals surface area contributed by atoms with Crippen molar-refractivity contribution in [2.45, 2.75) is 33.6 Å². The molecule has 3 aromatic rings. The summed E-state index contributed by atoms with van der Waals surface area (Å²) in [7, 11) is 0. The molecular weight excluding hydrogens is 370 g/mol. The molecule has 0 saturated carbocycles. The summed E-state index contributed by atoms with van der Waals surface area (Å²) in [6, 6.07) is 13.2. The number of rotatable bonds is 7. The Balaban J connectivity index is 1.57. The minimum atomic E-state index is -0.455. The van der Waals surface area contributed by atoms with E-state index in [4.69, 9.17) is 4.74 Å². The number of anilines is 1. The van der Waals surface area contributed by atoms with Gasteiger partial charge in [0.05, 0.1) is 5.69 Å². The maximum atomic E-state index is 12.2. The molecule has 3 rings (SSSR count). The average Bonchev–Trinajstić information content (AvgIpc) is 3.05. The molecule has 0 aliphatic carbocycles. The van der Waals surface area contributed by atoms with Crippen LogP contribution < -0.4 is 5.32 Å². The molecule has 0 aliphatic heterocycles. The largest absolute Gasteiger partial charge is 0.456 e. The highest BCUT2D eigenvalue weighted by Gasteiger charge is 2.15. The van der Waals surface area contributed by atoms with Gasteiger partial charge in [-0.15, -0.1) is 0 Å². The lowest BCUT2D eigenvalue weighted by atomic mass is 10.1. The number of aromatic nitrogens is 4. The van der Waals surface area contributed by atoms with Crippen LogP contribution in [0.4, 0.5) is 5.82 Å². The van der Waals surface area contributed by atoms with Crippen molar-refractivity contribution in [1.82, 2.24) is 19.7 Å². The predicted octanol–water partition coefficient (Wildman–Crippen LogP) is 2.70. The van der Waals surface area contributed by atoms with Gasteiger partial charge in [0.1, 0.15) is 5.82 Å². The van der Waals surface area contributed by atoms with E-state index >= 15 is 0 Å². The number of aryl methyl sites for hydroxylation is 4. The number of carbonyl (C=O) groups excluding carboxylic acids is 2. The lowest BCUT2D eigenvalue weighted by Gasteiger charge is -2.09. The van der Waals surface area contributed by atoms with E-state index in [2.05, 4.69) is 20.4 Å². The van der Waals surface area contributed by atoms with Gasteiger partial charge in [0.15, 0.2) is 6.61 Å². The molecule has 0 radical (unpaired) electrons. The van der Waals surface area contributed by atoms with Crippen LogP contribution in [-0.4, -0.2) is 38.2 Å². The van der Waals surface area contributed by atoms with E-state index in [9.17, 15) is 9.59 Å². The Kier molecular flexibility index (Phi) is 6.33. The van der Waals surface area contributed by atoms with Crippen molar-refractivity contribution >= 4 is 17.7 Å². The van der Waals surface area contributed by atoms with Gasteiger partial charge < -0.3 is 10.1 Å². The van der Waals surface area contributed by atoms with Gasteiger partial charge in [0.25, 0.3) is 11.9 Å². The van der Waals surface area contributed by atoms with Crippen LogP contribution in [0.5, 0.6) is 0 Å². The second-order valence-corrected chi connectivity index (χ2v) is 6.73. The number of carbonyl (C=O) groups is 2. The monoisotopic (exact) mass is 393 g/mol. The van der Waals surface area contributed by atoms with Gasteiger partial charge in [0, 0.05) is 23.9 Å². The lowest BCUT2D eigenvalue weighted by Crippen LogP contribution is -2.23. The summed E-state index contributed by atoms with van der Waals surface area (Å²) < 4.78 is 6.54. The first-order valence-corrected chi connectivity index (χ1v) is 9.29. The van der Waals surface area contributed by atoms with E-state index in [0.29, 0.717) is 23.9 Å².